The van der Waals surface area contributed by atoms with Gasteiger partial charge in [-0.1, -0.05) is 133 Å². The summed E-state index contributed by atoms with van der Waals surface area (Å²) in [4.78, 5) is 0. The fraction of sp³-hybridized carbons (Fsp3) is 0.333. The Labute approximate surface area is 284 Å². The molecule has 6 atom stereocenters. The van der Waals surface area contributed by atoms with Crippen LogP contribution in [0.5, 0.6) is 0 Å². The van der Waals surface area contributed by atoms with Gasteiger partial charge in [0.05, 0.1) is 51.8 Å². The molecule has 0 spiro atoms. The maximum absolute atomic E-state index is 6.31. The molecule has 2 aliphatic rings. The summed E-state index contributed by atoms with van der Waals surface area (Å²) in [6.45, 7) is 2.89. The molecule has 4 aromatic rings. The van der Waals surface area contributed by atoms with Crippen LogP contribution in [0.1, 0.15) is 35.1 Å². The van der Waals surface area contributed by atoms with Gasteiger partial charge in [-0.25, -0.2) is 0 Å². The number of rotatable bonds is 14. The van der Waals surface area contributed by atoms with Crippen LogP contribution in [0.4, 0.5) is 0 Å². The molecule has 2 saturated heterocycles. The molecule has 246 valence electrons. The second kappa shape index (κ2) is 18.3. The van der Waals surface area contributed by atoms with Crippen molar-refractivity contribution in [2.75, 3.05) is 13.2 Å². The van der Waals surface area contributed by atoms with Gasteiger partial charge in [0.1, 0.15) is 24.4 Å². The Morgan fingerprint density at radius 3 is 1.15 bits per heavy atom. The molecule has 0 radical (unpaired) electrons. The van der Waals surface area contributed by atoms with Crippen LogP contribution in [0.15, 0.2) is 121 Å². The third-order valence-corrected chi connectivity index (χ3v) is 8.33. The molecule has 0 amide bonds. The Hall–Kier alpha value is -4.24. The van der Waals surface area contributed by atoms with Crippen LogP contribution in [-0.2, 0) is 54.8 Å². The topological polar surface area (TPSA) is 55.4 Å². The molecule has 4 aromatic carbocycles. The summed E-state index contributed by atoms with van der Waals surface area (Å²) in [5.74, 6) is 12.4. The van der Waals surface area contributed by atoms with Gasteiger partial charge >= 0.3 is 0 Å². The first-order valence-electron chi connectivity index (χ1n) is 16.6. The van der Waals surface area contributed by atoms with E-state index in [4.69, 9.17) is 28.4 Å². The van der Waals surface area contributed by atoms with E-state index in [0.29, 0.717) is 52.5 Å². The molecular weight excluding hydrogens is 600 g/mol. The van der Waals surface area contributed by atoms with Crippen molar-refractivity contribution in [1.82, 2.24) is 0 Å². The largest absolute Gasteiger partial charge is 0.374 e. The molecule has 0 N–H and O–H groups in total. The smallest absolute Gasteiger partial charge is 0.122 e. The van der Waals surface area contributed by atoms with E-state index in [1.54, 1.807) is 0 Å². The minimum atomic E-state index is -0.295. The first-order chi connectivity index (χ1) is 23.8. The van der Waals surface area contributed by atoms with Crippen LogP contribution in [0.25, 0.3) is 0 Å². The fourth-order valence-electron chi connectivity index (χ4n) is 5.79. The van der Waals surface area contributed by atoms with E-state index in [-0.39, 0.29) is 36.6 Å². The van der Waals surface area contributed by atoms with E-state index < -0.39 is 0 Å². The van der Waals surface area contributed by atoms with E-state index in [9.17, 15) is 0 Å². The van der Waals surface area contributed by atoms with Crippen molar-refractivity contribution in [1.29, 1.82) is 0 Å². The van der Waals surface area contributed by atoms with Gasteiger partial charge < -0.3 is 28.4 Å². The third kappa shape index (κ3) is 10.6. The van der Waals surface area contributed by atoms with E-state index in [0.717, 1.165) is 22.3 Å². The molecule has 6 nitrogen and oxygen atoms in total. The second-order valence-electron chi connectivity index (χ2n) is 12.0. The Balaban J connectivity index is 1.04. The van der Waals surface area contributed by atoms with Crippen LogP contribution >= 0.6 is 0 Å². The number of benzene rings is 4. The lowest BCUT2D eigenvalue weighted by atomic mass is 10.1. The summed E-state index contributed by atoms with van der Waals surface area (Å²) in [7, 11) is 0. The Morgan fingerprint density at radius 1 is 0.458 bits per heavy atom. The van der Waals surface area contributed by atoms with Gasteiger partial charge in [-0.3, -0.25) is 0 Å². The van der Waals surface area contributed by atoms with Crippen LogP contribution < -0.4 is 0 Å². The van der Waals surface area contributed by atoms with Crippen molar-refractivity contribution in [2.24, 2.45) is 0 Å². The summed E-state index contributed by atoms with van der Waals surface area (Å²) in [6, 6.07) is 40.6. The lowest BCUT2D eigenvalue weighted by molar-refractivity contribution is -0.0651. The summed E-state index contributed by atoms with van der Waals surface area (Å²) >= 11 is 0. The standard InChI is InChI=1S/C42H42O6/c1-5-15-33(16-6-1)27-43-31-41-39(45-29-35-19-9-3-10-20-35)25-37(47-41)23-13-14-24-38-26-40(46-30-36-21-11-4-12-22-36)42(48-38)32-44-28-34-17-7-2-8-18-34/h1-12,15-22,37-42H,25-32H2/t37-,38-,39+,40+,41-,42-/m1/s1. The van der Waals surface area contributed by atoms with E-state index in [1.165, 1.54) is 0 Å². The first-order valence-corrected chi connectivity index (χ1v) is 16.6. The number of ether oxygens (including phenoxy) is 6. The highest BCUT2D eigenvalue weighted by Gasteiger charge is 2.36. The minimum Gasteiger partial charge on any atom is -0.374 e. The summed E-state index contributed by atoms with van der Waals surface area (Å²) in [5, 5.41) is 0. The lowest BCUT2D eigenvalue weighted by Gasteiger charge is -2.19. The van der Waals surface area contributed by atoms with Crippen molar-refractivity contribution >= 4 is 0 Å². The first kappa shape index (κ1) is 33.7. The second-order valence-corrected chi connectivity index (χ2v) is 12.0. The molecule has 2 aliphatic heterocycles. The average Bonchev–Trinajstić information content (AvgIpc) is 3.72. The fourth-order valence-corrected chi connectivity index (χ4v) is 5.79. The Bertz CT molecular complexity index is 1500. The molecule has 6 heteroatoms. The lowest BCUT2D eigenvalue weighted by Crippen LogP contribution is -2.29. The molecule has 2 heterocycles. The highest BCUT2D eigenvalue weighted by atomic mass is 16.6. The van der Waals surface area contributed by atoms with Crippen LogP contribution in [0.2, 0.25) is 0 Å². The monoisotopic (exact) mass is 642 g/mol. The molecule has 0 saturated carbocycles. The average molecular weight is 643 g/mol. The minimum absolute atomic E-state index is 0.134. The van der Waals surface area contributed by atoms with Crippen molar-refractivity contribution in [3.8, 4) is 23.7 Å². The molecular formula is C42H42O6. The van der Waals surface area contributed by atoms with Crippen LogP contribution in [-0.4, -0.2) is 49.8 Å². The summed E-state index contributed by atoms with van der Waals surface area (Å²) in [5.41, 5.74) is 4.48. The van der Waals surface area contributed by atoms with Crippen LogP contribution in [0, 0.1) is 23.7 Å². The Kier molecular flexibility index (Phi) is 12.9. The molecule has 2 fully saturated rings. The van der Waals surface area contributed by atoms with Crippen molar-refractivity contribution in [3.05, 3.63) is 144 Å². The van der Waals surface area contributed by atoms with Gasteiger partial charge in [-0.05, 0) is 34.1 Å². The molecule has 0 unspecified atom stereocenters. The zero-order valence-corrected chi connectivity index (χ0v) is 27.1. The highest BCUT2D eigenvalue weighted by Crippen LogP contribution is 2.26. The predicted molar refractivity (Wildman–Crippen MR) is 184 cm³/mol. The highest BCUT2D eigenvalue weighted by molar-refractivity contribution is 5.30. The summed E-state index contributed by atoms with van der Waals surface area (Å²) in [6.07, 6.45) is 0.000723. The normalized spacial score (nSPS) is 23.2. The van der Waals surface area contributed by atoms with E-state index in [1.807, 2.05) is 72.8 Å². The van der Waals surface area contributed by atoms with Crippen molar-refractivity contribution in [3.63, 3.8) is 0 Å². The van der Waals surface area contributed by atoms with Crippen LogP contribution in [0.3, 0.4) is 0 Å². The van der Waals surface area contributed by atoms with Gasteiger partial charge in [0.15, 0.2) is 0 Å². The Morgan fingerprint density at radius 2 is 0.792 bits per heavy atom. The van der Waals surface area contributed by atoms with E-state index >= 15 is 0 Å². The zero-order valence-electron chi connectivity index (χ0n) is 27.1. The zero-order chi connectivity index (χ0) is 32.6. The van der Waals surface area contributed by atoms with E-state index in [2.05, 4.69) is 72.2 Å². The van der Waals surface area contributed by atoms with Gasteiger partial charge in [-0.2, -0.15) is 0 Å². The quantitative estimate of drug-likeness (QED) is 0.139. The predicted octanol–water partition coefficient (Wildman–Crippen LogP) is 6.91. The number of hydrogen-bond acceptors (Lipinski definition) is 6. The molecule has 0 bridgehead atoms. The summed E-state index contributed by atoms with van der Waals surface area (Å²) < 4.78 is 37.3. The van der Waals surface area contributed by atoms with Crippen molar-refractivity contribution < 1.29 is 28.4 Å². The molecule has 0 aromatic heterocycles. The van der Waals surface area contributed by atoms with Gasteiger partial charge in [0.25, 0.3) is 0 Å². The molecule has 0 aliphatic carbocycles. The van der Waals surface area contributed by atoms with Crippen molar-refractivity contribution in [2.45, 2.75) is 75.9 Å². The maximum atomic E-state index is 6.31. The third-order valence-electron chi connectivity index (χ3n) is 8.33. The maximum Gasteiger partial charge on any atom is 0.122 e. The molecule has 6 rings (SSSR count). The van der Waals surface area contributed by atoms with Gasteiger partial charge in [-0.15, -0.1) is 0 Å². The van der Waals surface area contributed by atoms with Gasteiger partial charge in [0.2, 0.25) is 0 Å². The number of hydrogen-bond donors (Lipinski definition) is 0. The SMILES string of the molecule is C(C#C[C@@H]1C[C@H](OCc2ccccc2)[C@@H](COCc2ccccc2)O1)#C[C@@H]1C[C@H](OCc2ccccc2)[C@@H](COCc2ccccc2)O1. The molecule has 48 heavy (non-hydrogen) atoms. The van der Waals surface area contributed by atoms with Gasteiger partial charge in [0, 0.05) is 12.8 Å².